The lowest BCUT2D eigenvalue weighted by Gasteiger charge is -2.10. The van der Waals surface area contributed by atoms with Gasteiger partial charge in [-0.1, -0.05) is 29.8 Å². The van der Waals surface area contributed by atoms with Crippen LogP contribution in [0.4, 0.5) is 5.69 Å². The van der Waals surface area contributed by atoms with E-state index in [9.17, 15) is 0 Å². The first-order valence-corrected chi connectivity index (χ1v) is 5.88. The van der Waals surface area contributed by atoms with Gasteiger partial charge >= 0.3 is 0 Å². The van der Waals surface area contributed by atoms with Crippen LogP contribution in [0.5, 0.6) is 11.5 Å². The molecule has 0 heterocycles. The highest BCUT2D eigenvalue weighted by Gasteiger charge is 2.03. The van der Waals surface area contributed by atoms with Crippen LogP contribution < -0.4 is 15.2 Å². The van der Waals surface area contributed by atoms with E-state index in [0.29, 0.717) is 28.8 Å². The molecule has 0 amide bonds. The minimum absolute atomic E-state index is 0.415. The average Bonchev–Trinajstić information content (AvgIpc) is 2.38. The van der Waals surface area contributed by atoms with Crippen LogP contribution in [-0.2, 0) is 6.61 Å². The predicted octanol–water partition coefficient (Wildman–Crippen LogP) is 3.51. The maximum atomic E-state index is 6.04. The van der Waals surface area contributed by atoms with E-state index in [0.717, 1.165) is 5.56 Å². The first-order chi connectivity index (χ1) is 8.70. The molecule has 18 heavy (non-hydrogen) atoms. The first-order valence-electron chi connectivity index (χ1n) is 5.50. The molecule has 0 spiro atoms. The third-order valence-corrected chi connectivity index (χ3v) is 2.82. The van der Waals surface area contributed by atoms with Crippen LogP contribution in [0.3, 0.4) is 0 Å². The van der Waals surface area contributed by atoms with Gasteiger partial charge in [-0.2, -0.15) is 0 Å². The number of para-hydroxylation sites is 2. The number of hydrogen-bond acceptors (Lipinski definition) is 3. The second-order valence-electron chi connectivity index (χ2n) is 3.80. The van der Waals surface area contributed by atoms with E-state index < -0.39 is 0 Å². The third kappa shape index (κ3) is 2.87. The number of benzene rings is 2. The van der Waals surface area contributed by atoms with Gasteiger partial charge in [0.25, 0.3) is 0 Å². The molecule has 0 radical (unpaired) electrons. The van der Waals surface area contributed by atoms with Gasteiger partial charge in [0.2, 0.25) is 0 Å². The zero-order valence-electron chi connectivity index (χ0n) is 10.0. The van der Waals surface area contributed by atoms with Crippen molar-refractivity contribution in [1.29, 1.82) is 0 Å². The number of halogens is 1. The van der Waals surface area contributed by atoms with Crippen molar-refractivity contribution in [2.75, 3.05) is 12.8 Å². The van der Waals surface area contributed by atoms with Crippen molar-refractivity contribution < 1.29 is 9.47 Å². The molecule has 0 unspecified atom stereocenters. The molecule has 0 saturated carbocycles. The minimum atomic E-state index is 0.415. The Hall–Kier alpha value is -1.87. The number of ether oxygens (including phenoxy) is 2. The Bertz CT molecular complexity index is 543. The topological polar surface area (TPSA) is 44.5 Å². The summed E-state index contributed by atoms with van der Waals surface area (Å²) in [5.74, 6) is 1.32. The largest absolute Gasteiger partial charge is 0.495 e. The van der Waals surface area contributed by atoms with Gasteiger partial charge in [0.15, 0.2) is 0 Å². The summed E-state index contributed by atoms with van der Waals surface area (Å²) in [5.41, 5.74) is 7.37. The zero-order chi connectivity index (χ0) is 13.0. The Morgan fingerprint density at radius 1 is 1.11 bits per heavy atom. The molecule has 3 nitrogen and oxygen atoms in total. The van der Waals surface area contributed by atoms with Crippen molar-refractivity contribution in [3.8, 4) is 11.5 Å². The van der Waals surface area contributed by atoms with Crippen molar-refractivity contribution in [1.82, 2.24) is 0 Å². The van der Waals surface area contributed by atoms with Gasteiger partial charge in [-0.05, 0) is 29.8 Å². The second kappa shape index (κ2) is 5.65. The number of hydrogen-bond donors (Lipinski definition) is 1. The third-order valence-electron chi connectivity index (χ3n) is 2.53. The van der Waals surface area contributed by atoms with E-state index in [1.165, 1.54) is 0 Å². The number of anilines is 1. The zero-order valence-corrected chi connectivity index (χ0v) is 10.8. The van der Waals surface area contributed by atoms with Crippen LogP contribution in [0.1, 0.15) is 5.56 Å². The lowest BCUT2D eigenvalue weighted by atomic mass is 10.2. The van der Waals surface area contributed by atoms with Crippen LogP contribution >= 0.6 is 11.6 Å². The first kappa shape index (κ1) is 12.6. The summed E-state index contributed by atoms with van der Waals surface area (Å²) in [6.07, 6.45) is 0. The highest BCUT2D eigenvalue weighted by Crippen LogP contribution is 2.26. The molecule has 0 fully saturated rings. The molecular weight excluding hydrogens is 250 g/mol. The molecule has 2 aromatic carbocycles. The number of methoxy groups -OCH3 is 1. The van der Waals surface area contributed by atoms with Gasteiger partial charge in [-0.15, -0.1) is 0 Å². The summed E-state index contributed by atoms with van der Waals surface area (Å²) >= 11 is 6.04. The predicted molar refractivity (Wildman–Crippen MR) is 73.2 cm³/mol. The maximum Gasteiger partial charge on any atom is 0.142 e. The summed E-state index contributed by atoms with van der Waals surface area (Å²) in [6, 6.07) is 12.9. The Labute approximate surface area is 111 Å². The lowest BCUT2D eigenvalue weighted by Crippen LogP contribution is -1.98. The molecule has 2 aromatic rings. The van der Waals surface area contributed by atoms with Gasteiger partial charge in [-0.25, -0.2) is 0 Å². The van der Waals surface area contributed by atoms with E-state index >= 15 is 0 Å². The smallest absolute Gasteiger partial charge is 0.142 e. The average molecular weight is 264 g/mol. The summed E-state index contributed by atoms with van der Waals surface area (Å²) in [7, 11) is 1.59. The molecule has 0 atom stereocenters. The molecule has 2 N–H and O–H groups in total. The van der Waals surface area contributed by atoms with Crippen LogP contribution in [0.25, 0.3) is 0 Å². The van der Waals surface area contributed by atoms with Crippen molar-refractivity contribution in [2.45, 2.75) is 6.61 Å². The fourth-order valence-corrected chi connectivity index (χ4v) is 1.85. The van der Waals surface area contributed by atoms with Crippen LogP contribution in [0.15, 0.2) is 42.5 Å². The molecular formula is C14H14ClNO2. The van der Waals surface area contributed by atoms with E-state index in [1.807, 2.05) is 36.4 Å². The second-order valence-corrected chi connectivity index (χ2v) is 4.20. The van der Waals surface area contributed by atoms with Crippen molar-refractivity contribution >= 4 is 17.3 Å². The number of nitrogen functional groups attached to an aromatic ring is 1. The molecule has 0 aliphatic carbocycles. The highest BCUT2D eigenvalue weighted by molar-refractivity contribution is 6.32. The van der Waals surface area contributed by atoms with Crippen LogP contribution in [0, 0.1) is 0 Å². The Morgan fingerprint density at radius 2 is 1.89 bits per heavy atom. The van der Waals surface area contributed by atoms with E-state index in [4.69, 9.17) is 26.8 Å². The highest BCUT2D eigenvalue weighted by atomic mass is 35.5. The Morgan fingerprint density at radius 3 is 2.56 bits per heavy atom. The van der Waals surface area contributed by atoms with E-state index in [1.54, 1.807) is 13.2 Å². The van der Waals surface area contributed by atoms with Crippen molar-refractivity contribution in [2.24, 2.45) is 0 Å². The molecule has 0 saturated heterocycles. The monoisotopic (exact) mass is 263 g/mol. The SMILES string of the molecule is COc1ccc(COc2ccccc2N)cc1Cl. The van der Waals surface area contributed by atoms with E-state index in [-0.39, 0.29) is 0 Å². The minimum Gasteiger partial charge on any atom is -0.495 e. The standard InChI is InChI=1S/C14H14ClNO2/c1-17-13-7-6-10(8-11(13)15)9-18-14-5-3-2-4-12(14)16/h2-8H,9,16H2,1H3. The van der Waals surface area contributed by atoms with E-state index in [2.05, 4.69) is 0 Å². The normalized spacial score (nSPS) is 10.1. The van der Waals surface area contributed by atoms with Crippen molar-refractivity contribution in [3.05, 3.63) is 53.1 Å². The molecule has 0 aromatic heterocycles. The Kier molecular flexibility index (Phi) is 3.95. The van der Waals surface area contributed by atoms with Crippen LogP contribution in [0.2, 0.25) is 5.02 Å². The van der Waals surface area contributed by atoms with Gasteiger partial charge in [0.05, 0.1) is 17.8 Å². The molecule has 94 valence electrons. The van der Waals surface area contributed by atoms with Crippen molar-refractivity contribution in [3.63, 3.8) is 0 Å². The summed E-state index contributed by atoms with van der Waals surface area (Å²) in [4.78, 5) is 0. The van der Waals surface area contributed by atoms with Gasteiger partial charge in [0, 0.05) is 0 Å². The Balaban J connectivity index is 2.07. The fraction of sp³-hybridized carbons (Fsp3) is 0.143. The summed E-state index contributed by atoms with van der Waals surface area (Å²) in [5, 5.41) is 0.569. The lowest BCUT2D eigenvalue weighted by molar-refractivity contribution is 0.307. The van der Waals surface area contributed by atoms with Crippen LogP contribution in [-0.4, -0.2) is 7.11 Å². The number of nitrogens with two attached hydrogens (primary N) is 1. The molecule has 0 aliphatic rings. The maximum absolute atomic E-state index is 6.04. The molecule has 0 aliphatic heterocycles. The van der Waals surface area contributed by atoms with Gasteiger partial charge in [-0.3, -0.25) is 0 Å². The summed E-state index contributed by atoms with van der Waals surface area (Å²) in [6.45, 7) is 0.415. The summed E-state index contributed by atoms with van der Waals surface area (Å²) < 4.78 is 10.7. The molecule has 4 heteroatoms. The quantitative estimate of drug-likeness (QED) is 0.859. The molecule has 0 bridgehead atoms. The van der Waals surface area contributed by atoms with Gasteiger partial charge < -0.3 is 15.2 Å². The number of rotatable bonds is 4. The molecule has 2 rings (SSSR count). The van der Waals surface area contributed by atoms with Gasteiger partial charge in [0.1, 0.15) is 18.1 Å². The fourth-order valence-electron chi connectivity index (χ4n) is 1.57.